The number of hydrogen-bond acceptors (Lipinski definition) is 4. The monoisotopic (exact) mass is 322 g/mol. The van der Waals surface area contributed by atoms with E-state index < -0.39 is 0 Å². The highest BCUT2D eigenvalue weighted by Gasteiger charge is 2.10. The second kappa shape index (κ2) is 7.46. The van der Waals surface area contributed by atoms with Crippen molar-refractivity contribution in [3.05, 3.63) is 66.4 Å². The Labute approximate surface area is 140 Å². The lowest BCUT2D eigenvalue weighted by molar-refractivity contribution is 0.0948. The summed E-state index contributed by atoms with van der Waals surface area (Å²) in [5, 5.41) is 3.80. The molecule has 5 nitrogen and oxygen atoms in total. The van der Waals surface area contributed by atoms with Crippen LogP contribution in [0.15, 0.2) is 60.8 Å². The van der Waals surface area contributed by atoms with Gasteiger partial charge >= 0.3 is 0 Å². The lowest BCUT2D eigenvalue weighted by Gasteiger charge is -2.09. The van der Waals surface area contributed by atoms with Crippen LogP contribution in [0, 0.1) is 0 Å². The molecule has 3 rings (SSSR count). The van der Waals surface area contributed by atoms with E-state index in [-0.39, 0.29) is 5.91 Å². The first kappa shape index (κ1) is 15.8. The zero-order chi connectivity index (χ0) is 16.8. The maximum Gasteiger partial charge on any atom is 0.253 e. The molecule has 2 aromatic carbocycles. The van der Waals surface area contributed by atoms with Gasteiger partial charge in [-0.1, -0.05) is 18.2 Å². The van der Waals surface area contributed by atoms with Gasteiger partial charge in [0.2, 0.25) is 0 Å². The summed E-state index contributed by atoms with van der Waals surface area (Å²) in [4.78, 5) is 16.6. The molecule has 0 aliphatic heterocycles. The normalized spacial score (nSPS) is 10.4. The van der Waals surface area contributed by atoms with Crippen LogP contribution in [0.25, 0.3) is 10.9 Å². The SMILES string of the molecule is COc1ccc(OCCNC(=O)c2cccc3cccnc23)cc1. The average molecular weight is 322 g/mol. The van der Waals surface area contributed by atoms with Crippen LogP contribution in [0.3, 0.4) is 0 Å². The van der Waals surface area contributed by atoms with Crippen LogP contribution in [0.4, 0.5) is 0 Å². The Balaban J connectivity index is 1.55. The van der Waals surface area contributed by atoms with Gasteiger partial charge in [-0.2, -0.15) is 0 Å². The van der Waals surface area contributed by atoms with Gasteiger partial charge in [0.1, 0.15) is 18.1 Å². The van der Waals surface area contributed by atoms with E-state index in [0.29, 0.717) is 24.2 Å². The topological polar surface area (TPSA) is 60.5 Å². The summed E-state index contributed by atoms with van der Waals surface area (Å²) in [5.41, 5.74) is 1.27. The summed E-state index contributed by atoms with van der Waals surface area (Å²) in [7, 11) is 1.62. The predicted octanol–water partition coefficient (Wildman–Crippen LogP) is 3.05. The molecule has 0 spiro atoms. The first-order valence-electron chi connectivity index (χ1n) is 7.67. The third-order valence-electron chi connectivity index (χ3n) is 3.59. The van der Waals surface area contributed by atoms with E-state index in [0.717, 1.165) is 16.9 Å². The molecule has 1 N–H and O–H groups in total. The molecule has 0 aliphatic carbocycles. The summed E-state index contributed by atoms with van der Waals surface area (Å²) in [6.45, 7) is 0.796. The van der Waals surface area contributed by atoms with Crippen LogP contribution >= 0.6 is 0 Å². The van der Waals surface area contributed by atoms with Crippen LogP contribution in [-0.2, 0) is 0 Å². The van der Waals surface area contributed by atoms with Crippen molar-refractivity contribution < 1.29 is 14.3 Å². The van der Waals surface area contributed by atoms with Crippen molar-refractivity contribution >= 4 is 16.8 Å². The maximum absolute atomic E-state index is 12.3. The quantitative estimate of drug-likeness (QED) is 0.709. The molecule has 0 aliphatic rings. The summed E-state index contributed by atoms with van der Waals surface area (Å²) in [6, 6.07) is 16.7. The summed E-state index contributed by atoms with van der Waals surface area (Å²) >= 11 is 0. The Hall–Kier alpha value is -3.08. The Morgan fingerprint density at radius 1 is 1.04 bits per heavy atom. The van der Waals surface area contributed by atoms with E-state index in [1.807, 2.05) is 48.5 Å². The maximum atomic E-state index is 12.3. The molecule has 0 fully saturated rings. The van der Waals surface area contributed by atoms with E-state index >= 15 is 0 Å². The molecule has 0 unspecified atom stereocenters. The van der Waals surface area contributed by atoms with Gasteiger partial charge in [0.15, 0.2) is 0 Å². The number of fused-ring (bicyclic) bond motifs is 1. The number of pyridine rings is 1. The minimum atomic E-state index is -0.155. The number of benzene rings is 2. The lowest BCUT2D eigenvalue weighted by Crippen LogP contribution is -2.28. The van der Waals surface area contributed by atoms with Crippen LogP contribution in [0.5, 0.6) is 11.5 Å². The van der Waals surface area contributed by atoms with Crippen molar-refractivity contribution in [3.8, 4) is 11.5 Å². The fraction of sp³-hybridized carbons (Fsp3) is 0.158. The number of nitrogens with one attached hydrogen (secondary N) is 1. The highest BCUT2D eigenvalue weighted by Crippen LogP contribution is 2.17. The highest BCUT2D eigenvalue weighted by molar-refractivity contribution is 6.05. The zero-order valence-electron chi connectivity index (χ0n) is 13.4. The van der Waals surface area contributed by atoms with E-state index in [4.69, 9.17) is 9.47 Å². The van der Waals surface area contributed by atoms with Gasteiger partial charge in [-0.05, 0) is 36.4 Å². The van der Waals surface area contributed by atoms with E-state index in [2.05, 4.69) is 10.3 Å². The van der Waals surface area contributed by atoms with E-state index in [1.54, 1.807) is 19.4 Å². The summed E-state index contributed by atoms with van der Waals surface area (Å²) in [5.74, 6) is 1.36. The van der Waals surface area contributed by atoms with E-state index in [9.17, 15) is 4.79 Å². The standard InChI is InChI=1S/C19H18N2O3/c1-23-15-7-9-16(10-8-15)24-13-12-21-19(22)17-6-2-4-14-5-3-11-20-18(14)17/h2-11H,12-13H2,1H3,(H,21,22). The number of ether oxygens (including phenoxy) is 2. The second-order valence-electron chi connectivity index (χ2n) is 5.16. The number of amides is 1. The first-order valence-corrected chi connectivity index (χ1v) is 7.67. The minimum Gasteiger partial charge on any atom is -0.497 e. The third-order valence-corrected chi connectivity index (χ3v) is 3.59. The molecular weight excluding hydrogens is 304 g/mol. The van der Waals surface area contributed by atoms with Crippen LogP contribution in [-0.4, -0.2) is 31.2 Å². The molecule has 3 aromatic rings. The largest absolute Gasteiger partial charge is 0.497 e. The molecule has 5 heteroatoms. The number of rotatable bonds is 6. The molecule has 122 valence electrons. The van der Waals surface area contributed by atoms with Gasteiger partial charge < -0.3 is 14.8 Å². The third kappa shape index (κ3) is 3.63. The van der Waals surface area contributed by atoms with Crippen molar-refractivity contribution in [2.45, 2.75) is 0 Å². The molecule has 24 heavy (non-hydrogen) atoms. The molecule has 0 bridgehead atoms. The lowest BCUT2D eigenvalue weighted by atomic mass is 10.1. The number of carbonyl (C=O) groups excluding carboxylic acids is 1. The van der Waals surface area contributed by atoms with Crippen molar-refractivity contribution in [1.82, 2.24) is 10.3 Å². The molecule has 0 radical (unpaired) electrons. The molecule has 1 amide bonds. The molecule has 0 saturated carbocycles. The number of carbonyl (C=O) groups is 1. The van der Waals surface area contributed by atoms with Crippen LogP contribution < -0.4 is 14.8 Å². The van der Waals surface area contributed by atoms with Gasteiger partial charge in [-0.3, -0.25) is 9.78 Å². The van der Waals surface area contributed by atoms with Gasteiger partial charge in [0.05, 0.1) is 24.7 Å². The number of aromatic nitrogens is 1. The smallest absolute Gasteiger partial charge is 0.253 e. The van der Waals surface area contributed by atoms with Crippen LogP contribution in [0.2, 0.25) is 0 Å². The van der Waals surface area contributed by atoms with E-state index in [1.165, 1.54) is 0 Å². The van der Waals surface area contributed by atoms with Crippen molar-refractivity contribution in [1.29, 1.82) is 0 Å². The van der Waals surface area contributed by atoms with Crippen molar-refractivity contribution in [2.24, 2.45) is 0 Å². The van der Waals surface area contributed by atoms with Crippen LogP contribution in [0.1, 0.15) is 10.4 Å². The molecule has 0 saturated heterocycles. The molecule has 1 heterocycles. The zero-order valence-corrected chi connectivity index (χ0v) is 13.4. The summed E-state index contributed by atoms with van der Waals surface area (Å²) < 4.78 is 10.7. The number of methoxy groups -OCH3 is 1. The predicted molar refractivity (Wildman–Crippen MR) is 92.6 cm³/mol. The minimum absolute atomic E-state index is 0.155. The molecular formula is C19H18N2O3. The Kier molecular flexibility index (Phi) is 4.91. The molecule has 0 atom stereocenters. The molecule has 1 aromatic heterocycles. The van der Waals surface area contributed by atoms with Gasteiger partial charge in [-0.25, -0.2) is 0 Å². The fourth-order valence-corrected chi connectivity index (χ4v) is 2.39. The van der Waals surface area contributed by atoms with Gasteiger partial charge in [0, 0.05) is 11.6 Å². The average Bonchev–Trinajstić information content (AvgIpc) is 2.65. The summed E-state index contributed by atoms with van der Waals surface area (Å²) in [6.07, 6.45) is 1.69. The van der Waals surface area contributed by atoms with Gasteiger partial charge in [0.25, 0.3) is 5.91 Å². The highest BCUT2D eigenvalue weighted by atomic mass is 16.5. The number of para-hydroxylation sites is 1. The fourth-order valence-electron chi connectivity index (χ4n) is 2.39. The van der Waals surface area contributed by atoms with Crippen molar-refractivity contribution in [2.75, 3.05) is 20.3 Å². The van der Waals surface area contributed by atoms with Crippen molar-refractivity contribution in [3.63, 3.8) is 0 Å². The first-order chi connectivity index (χ1) is 11.8. The van der Waals surface area contributed by atoms with Gasteiger partial charge in [-0.15, -0.1) is 0 Å². The second-order valence-corrected chi connectivity index (χ2v) is 5.16. The number of nitrogens with zero attached hydrogens (tertiary/aromatic N) is 1. The Morgan fingerprint density at radius 2 is 1.79 bits per heavy atom. The number of hydrogen-bond donors (Lipinski definition) is 1. The Bertz CT molecular complexity index is 826. The Morgan fingerprint density at radius 3 is 2.58 bits per heavy atom.